The van der Waals surface area contributed by atoms with Crippen LogP contribution in [0, 0.1) is 5.82 Å². The molecule has 130 valence electrons. The summed E-state index contributed by atoms with van der Waals surface area (Å²) < 4.78 is 12.8. The van der Waals surface area contributed by atoms with E-state index in [1.165, 1.54) is 42.5 Å². The summed E-state index contributed by atoms with van der Waals surface area (Å²) in [6.45, 7) is 0. The molecule has 0 aromatic heterocycles. The Hall–Kier alpha value is -2.44. The molecule has 2 N–H and O–H groups in total. The SMILES string of the molecule is O=C(CCC(=O)c1ccc(F)cc1)NNC(=O)c1cc(Cl)ccc1Cl. The highest BCUT2D eigenvalue weighted by Crippen LogP contribution is 2.20. The second-order valence-corrected chi connectivity index (χ2v) is 5.90. The van der Waals surface area contributed by atoms with Gasteiger partial charge in [0.1, 0.15) is 5.82 Å². The molecule has 2 aromatic rings. The van der Waals surface area contributed by atoms with E-state index >= 15 is 0 Å². The van der Waals surface area contributed by atoms with Crippen LogP contribution in [0.3, 0.4) is 0 Å². The fourth-order valence-corrected chi connectivity index (χ4v) is 2.31. The number of rotatable bonds is 5. The average Bonchev–Trinajstić information content (AvgIpc) is 2.60. The molecule has 5 nitrogen and oxygen atoms in total. The minimum absolute atomic E-state index is 0.0781. The van der Waals surface area contributed by atoms with Gasteiger partial charge in [-0.2, -0.15) is 0 Å². The first-order valence-electron chi connectivity index (χ1n) is 7.20. The van der Waals surface area contributed by atoms with Crippen LogP contribution in [-0.4, -0.2) is 17.6 Å². The van der Waals surface area contributed by atoms with Gasteiger partial charge in [-0.05, 0) is 42.5 Å². The van der Waals surface area contributed by atoms with E-state index in [1.807, 2.05) is 0 Å². The van der Waals surface area contributed by atoms with E-state index in [2.05, 4.69) is 10.9 Å². The fourth-order valence-electron chi connectivity index (χ4n) is 1.93. The Morgan fingerprint density at radius 1 is 0.920 bits per heavy atom. The van der Waals surface area contributed by atoms with Crippen LogP contribution >= 0.6 is 23.2 Å². The molecule has 0 unspecified atom stereocenters. The molecule has 0 saturated carbocycles. The van der Waals surface area contributed by atoms with Crippen molar-refractivity contribution in [1.82, 2.24) is 10.9 Å². The first-order valence-corrected chi connectivity index (χ1v) is 7.95. The summed E-state index contributed by atoms with van der Waals surface area (Å²) in [7, 11) is 0. The number of hydrogen-bond acceptors (Lipinski definition) is 3. The number of ketones is 1. The maximum Gasteiger partial charge on any atom is 0.271 e. The summed E-state index contributed by atoms with van der Waals surface area (Å²) in [4.78, 5) is 35.5. The average molecular weight is 383 g/mol. The minimum Gasteiger partial charge on any atom is -0.294 e. The zero-order chi connectivity index (χ0) is 18.4. The molecule has 0 fully saturated rings. The lowest BCUT2D eigenvalue weighted by Gasteiger charge is -2.08. The maximum absolute atomic E-state index is 12.8. The molecule has 0 radical (unpaired) electrons. The fraction of sp³-hybridized carbons (Fsp3) is 0.118. The molecule has 0 atom stereocenters. The smallest absolute Gasteiger partial charge is 0.271 e. The molecule has 2 rings (SSSR count). The molecule has 0 aliphatic heterocycles. The van der Waals surface area contributed by atoms with Crippen molar-refractivity contribution in [3.63, 3.8) is 0 Å². The highest BCUT2D eigenvalue weighted by molar-refractivity contribution is 6.35. The number of carbonyl (C=O) groups is 3. The van der Waals surface area contributed by atoms with Crippen LogP contribution in [0.1, 0.15) is 33.6 Å². The lowest BCUT2D eigenvalue weighted by Crippen LogP contribution is -2.41. The Morgan fingerprint density at radius 2 is 1.60 bits per heavy atom. The van der Waals surface area contributed by atoms with Crippen LogP contribution in [0.25, 0.3) is 0 Å². The van der Waals surface area contributed by atoms with Crippen LogP contribution in [0.4, 0.5) is 4.39 Å². The minimum atomic E-state index is -0.634. The number of hydrogen-bond donors (Lipinski definition) is 2. The number of amides is 2. The van der Waals surface area contributed by atoms with Crippen molar-refractivity contribution in [1.29, 1.82) is 0 Å². The van der Waals surface area contributed by atoms with Crippen LogP contribution < -0.4 is 10.9 Å². The van der Waals surface area contributed by atoms with Gasteiger partial charge in [-0.15, -0.1) is 0 Å². The Balaban J connectivity index is 1.82. The van der Waals surface area contributed by atoms with Crippen molar-refractivity contribution in [2.45, 2.75) is 12.8 Å². The van der Waals surface area contributed by atoms with Gasteiger partial charge >= 0.3 is 0 Å². The largest absolute Gasteiger partial charge is 0.294 e. The standard InChI is InChI=1S/C17H13Cl2FN2O3/c18-11-3-6-14(19)13(9-11)17(25)22-21-16(24)8-7-15(23)10-1-4-12(20)5-2-10/h1-6,9H,7-8H2,(H,21,24)(H,22,25). The molecular formula is C17H13Cl2FN2O3. The number of halogens is 3. The highest BCUT2D eigenvalue weighted by atomic mass is 35.5. The van der Waals surface area contributed by atoms with Crippen LogP contribution in [0.5, 0.6) is 0 Å². The normalized spacial score (nSPS) is 10.2. The maximum atomic E-state index is 12.8. The van der Waals surface area contributed by atoms with Crippen molar-refractivity contribution in [2.75, 3.05) is 0 Å². The van der Waals surface area contributed by atoms with E-state index < -0.39 is 17.6 Å². The van der Waals surface area contributed by atoms with Gasteiger partial charge in [-0.3, -0.25) is 25.2 Å². The van der Waals surface area contributed by atoms with Gasteiger partial charge in [0.25, 0.3) is 5.91 Å². The van der Waals surface area contributed by atoms with E-state index in [1.54, 1.807) is 0 Å². The van der Waals surface area contributed by atoms with Crippen LogP contribution in [0.2, 0.25) is 10.0 Å². The molecule has 0 aliphatic carbocycles. The third-order valence-electron chi connectivity index (χ3n) is 3.23. The monoisotopic (exact) mass is 382 g/mol. The molecule has 0 spiro atoms. The summed E-state index contributed by atoms with van der Waals surface area (Å²) in [5, 5.41) is 0.508. The summed E-state index contributed by atoms with van der Waals surface area (Å²) in [5.74, 6) is -1.94. The van der Waals surface area contributed by atoms with Crippen molar-refractivity contribution < 1.29 is 18.8 Å². The predicted octanol–water partition coefficient (Wildman–Crippen LogP) is 3.56. The number of hydrazine groups is 1. The molecule has 8 heteroatoms. The lowest BCUT2D eigenvalue weighted by atomic mass is 10.1. The summed E-state index contributed by atoms with van der Waals surface area (Å²) in [5.41, 5.74) is 4.80. The topological polar surface area (TPSA) is 75.3 Å². The van der Waals surface area contributed by atoms with Crippen molar-refractivity contribution in [3.8, 4) is 0 Å². The van der Waals surface area contributed by atoms with E-state index in [4.69, 9.17) is 23.2 Å². The molecule has 2 amide bonds. The second-order valence-electron chi connectivity index (χ2n) is 5.06. The first-order chi connectivity index (χ1) is 11.9. The number of Topliss-reactive ketones (excluding diaryl/α,β-unsaturated/α-hetero) is 1. The molecule has 0 saturated heterocycles. The highest BCUT2D eigenvalue weighted by Gasteiger charge is 2.13. The number of benzene rings is 2. The predicted molar refractivity (Wildman–Crippen MR) is 92.0 cm³/mol. The summed E-state index contributed by atoms with van der Waals surface area (Å²) >= 11 is 11.7. The summed E-state index contributed by atoms with van der Waals surface area (Å²) in [6, 6.07) is 9.38. The number of carbonyl (C=O) groups excluding carboxylic acids is 3. The Labute approximate surface area is 153 Å². The Bertz CT molecular complexity index is 810. The van der Waals surface area contributed by atoms with Gasteiger partial charge in [-0.25, -0.2) is 4.39 Å². The Morgan fingerprint density at radius 3 is 2.28 bits per heavy atom. The van der Waals surface area contributed by atoms with Gasteiger partial charge < -0.3 is 0 Å². The molecule has 0 heterocycles. The van der Waals surface area contributed by atoms with Crippen molar-refractivity contribution in [2.24, 2.45) is 0 Å². The molecule has 0 bridgehead atoms. The lowest BCUT2D eigenvalue weighted by molar-refractivity contribution is -0.121. The molecule has 25 heavy (non-hydrogen) atoms. The van der Waals surface area contributed by atoms with E-state index in [9.17, 15) is 18.8 Å². The van der Waals surface area contributed by atoms with Gasteiger partial charge in [0.2, 0.25) is 5.91 Å². The third kappa shape index (κ3) is 5.55. The quantitative estimate of drug-likeness (QED) is 0.613. The van der Waals surface area contributed by atoms with Gasteiger partial charge in [-0.1, -0.05) is 23.2 Å². The van der Waals surface area contributed by atoms with Crippen molar-refractivity contribution in [3.05, 3.63) is 69.5 Å². The molecule has 2 aromatic carbocycles. The zero-order valence-corrected chi connectivity index (χ0v) is 14.3. The first kappa shape index (κ1) is 18.9. The zero-order valence-electron chi connectivity index (χ0n) is 12.8. The van der Waals surface area contributed by atoms with Gasteiger partial charge in [0, 0.05) is 23.4 Å². The van der Waals surface area contributed by atoms with Crippen LogP contribution in [0.15, 0.2) is 42.5 Å². The molecular weight excluding hydrogens is 370 g/mol. The van der Waals surface area contributed by atoms with E-state index in [0.717, 1.165) is 0 Å². The van der Waals surface area contributed by atoms with Crippen LogP contribution in [-0.2, 0) is 4.79 Å². The van der Waals surface area contributed by atoms with E-state index in [-0.39, 0.29) is 29.2 Å². The second kappa shape index (κ2) is 8.60. The number of nitrogens with one attached hydrogen (secondary N) is 2. The van der Waals surface area contributed by atoms with Gasteiger partial charge in [0.15, 0.2) is 5.78 Å². The molecule has 0 aliphatic rings. The Kier molecular flexibility index (Phi) is 6.50. The van der Waals surface area contributed by atoms with Crippen molar-refractivity contribution >= 4 is 40.8 Å². The summed E-state index contributed by atoms with van der Waals surface area (Å²) in [6.07, 6.45) is -0.217. The van der Waals surface area contributed by atoms with E-state index in [0.29, 0.717) is 10.6 Å². The third-order valence-corrected chi connectivity index (χ3v) is 3.80. The van der Waals surface area contributed by atoms with Gasteiger partial charge in [0.05, 0.1) is 10.6 Å².